The molecule has 0 radical (unpaired) electrons. The van der Waals surface area contributed by atoms with Crippen molar-refractivity contribution in [3.63, 3.8) is 0 Å². The van der Waals surface area contributed by atoms with E-state index in [4.69, 9.17) is 16.3 Å². The summed E-state index contributed by atoms with van der Waals surface area (Å²) in [4.78, 5) is 11.8. The van der Waals surface area contributed by atoms with E-state index in [2.05, 4.69) is 0 Å². The van der Waals surface area contributed by atoms with Crippen LogP contribution in [0.25, 0.3) is 0 Å². The quantitative estimate of drug-likeness (QED) is 0.766. The second-order valence-corrected chi connectivity index (χ2v) is 5.70. The summed E-state index contributed by atoms with van der Waals surface area (Å²) in [6.45, 7) is 7.50. The molecule has 0 fully saturated rings. The smallest absolute Gasteiger partial charge is 0.309 e. The lowest BCUT2D eigenvalue weighted by atomic mass is 10.0. The van der Waals surface area contributed by atoms with Gasteiger partial charge in [-0.3, -0.25) is 4.79 Å². The maximum Gasteiger partial charge on any atom is 0.309 e. The maximum absolute atomic E-state index is 11.8. The van der Waals surface area contributed by atoms with Crippen LogP contribution in [-0.4, -0.2) is 11.6 Å². The van der Waals surface area contributed by atoms with Crippen molar-refractivity contribution in [3.8, 4) is 0 Å². The summed E-state index contributed by atoms with van der Waals surface area (Å²) in [5, 5.41) is 0.707. The first-order chi connectivity index (χ1) is 7.78. The number of hydrogen-bond donors (Lipinski definition) is 0. The minimum absolute atomic E-state index is 0.143. The number of benzene rings is 1. The van der Waals surface area contributed by atoms with Crippen LogP contribution in [0.5, 0.6) is 0 Å². The van der Waals surface area contributed by atoms with Gasteiger partial charge in [-0.2, -0.15) is 0 Å². The molecule has 0 unspecified atom stereocenters. The summed E-state index contributed by atoms with van der Waals surface area (Å²) in [5.41, 5.74) is 0.665. The molecule has 0 aliphatic rings. The van der Waals surface area contributed by atoms with E-state index in [9.17, 15) is 4.79 Å². The molecule has 0 spiro atoms. The van der Waals surface area contributed by atoms with Gasteiger partial charge in [-0.05, 0) is 44.9 Å². The standard InChI is InChI=1S/C14H19ClO2/c1-10(13(16)17-14(2,3)4)9-11-5-7-12(15)8-6-11/h5-8,10H,9H2,1-4H3/t10-/m1/s1. The third-order valence-electron chi connectivity index (χ3n) is 2.26. The molecule has 1 rings (SSSR count). The Hall–Kier alpha value is -1.02. The largest absolute Gasteiger partial charge is 0.460 e. The molecule has 0 aromatic heterocycles. The molecule has 0 aliphatic heterocycles. The monoisotopic (exact) mass is 254 g/mol. The van der Waals surface area contributed by atoms with Crippen LogP contribution < -0.4 is 0 Å². The van der Waals surface area contributed by atoms with Crippen LogP contribution in [0.4, 0.5) is 0 Å². The summed E-state index contributed by atoms with van der Waals surface area (Å²) in [5.74, 6) is -0.303. The van der Waals surface area contributed by atoms with Gasteiger partial charge in [-0.25, -0.2) is 0 Å². The zero-order chi connectivity index (χ0) is 13.1. The van der Waals surface area contributed by atoms with Crippen molar-refractivity contribution in [2.24, 2.45) is 5.92 Å². The highest BCUT2D eigenvalue weighted by molar-refractivity contribution is 6.30. The van der Waals surface area contributed by atoms with Crippen LogP contribution in [0.3, 0.4) is 0 Å². The van der Waals surface area contributed by atoms with Crippen molar-refractivity contribution >= 4 is 17.6 Å². The highest BCUT2D eigenvalue weighted by Crippen LogP contribution is 2.16. The Kier molecular flexibility index (Phi) is 4.58. The zero-order valence-electron chi connectivity index (χ0n) is 10.8. The first-order valence-corrected chi connectivity index (χ1v) is 6.13. The Bertz CT molecular complexity index is 376. The van der Waals surface area contributed by atoms with Crippen molar-refractivity contribution in [1.82, 2.24) is 0 Å². The lowest BCUT2D eigenvalue weighted by Crippen LogP contribution is -2.28. The molecule has 94 valence electrons. The molecule has 0 aliphatic carbocycles. The van der Waals surface area contributed by atoms with Crippen molar-refractivity contribution in [3.05, 3.63) is 34.9 Å². The predicted molar refractivity (Wildman–Crippen MR) is 70.2 cm³/mol. The highest BCUT2D eigenvalue weighted by atomic mass is 35.5. The second kappa shape index (κ2) is 5.54. The van der Waals surface area contributed by atoms with E-state index in [1.54, 1.807) is 0 Å². The summed E-state index contributed by atoms with van der Waals surface area (Å²) in [6.07, 6.45) is 0.673. The van der Waals surface area contributed by atoms with Gasteiger partial charge in [0.25, 0.3) is 0 Å². The van der Waals surface area contributed by atoms with Crippen LogP contribution in [0.2, 0.25) is 5.02 Å². The van der Waals surface area contributed by atoms with E-state index >= 15 is 0 Å². The summed E-state index contributed by atoms with van der Waals surface area (Å²) in [6, 6.07) is 7.53. The Morgan fingerprint density at radius 3 is 2.29 bits per heavy atom. The van der Waals surface area contributed by atoms with Crippen LogP contribution in [-0.2, 0) is 16.0 Å². The van der Waals surface area contributed by atoms with Gasteiger partial charge in [0.2, 0.25) is 0 Å². The predicted octanol–water partition coefficient (Wildman–Crippen LogP) is 3.86. The van der Waals surface area contributed by atoms with E-state index in [0.717, 1.165) is 5.56 Å². The fourth-order valence-corrected chi connectivity index (χ4v) is 1.59. The molecule has 3 heteroatoms. The first kappa shape index (κ1) is 14.0. The Balaban J connectivity index is 2.57. The molecular formula is C14H19ClO2. The number of ether oxygens (including phenoxy) is 1. The van der Waals surface area contributed by atoms with Gasteiger partial charge in [-0.15, -0.1) is 0 Å². The fraction of sp³-hybridized carbons (Fsp3) is 0.500. The molecule has 1 aromatic carbocycles. The molecule has 0 saturated heterocycles. The topological polar surface area (TPSA) is 26.3 Å². The number of carbonyl (C=O) groups excluding carboxylic acids is 1. The van der Waals surface area contributed by atoms with Gasteiger partial charge in [0.1, 0.15) is 5.60 Å². The van der Waals surface area contributed by atoms with Crippen molar-refractivity contribution < 1.29 is 9.53 Å². The summed E-state index contributed by atoms with van der Waals surface area (Å²) in [7, 11) is 0. The van der Waals surface area contributed by atoms with E-state index in [1.165, 1.54) is 0 Å². The van der Waals surface area contributed by atoms with Gasteiger partial charge >= 0.3 is 5.97 Å². The molecule has 0 N–H and O–H groups in total. The van der Waals surface area contributed by atoms with Crippen molar-refractivity contribution in [1.29, 1.82) is 0 Å². The average molecular weight is 255 g/mol. The van der Waals surface area contributed by atoms with Gasteiger partial charge in [0, 0.05) is 5.02 Å². The molecule has 0 saturated carbocycles. The van der Waals surface area contributed by atoms with E-state index in [0.29, 0.717) is 11.4 Å². The van der Waals surface area contributed by atoms with Crippen LogP contribution in [0, 0.1) is 5.92 Å². The zero-order valence-corrected chi connectivity index (χ0v) is 11.5. The first-order valence-electron chi connectivity index (χ1n) is 5.75. The second-order valence-electron chi connectivity index (χ2n) is 5.27. The molecule has 0 amide bonds. The molecular weight excluding hydrogens is 236 g/mol. The highest BCUT2D eigenvalue weighted by Gasteiger charge is 2.21. The lowest BCUT2D eigenvalue weighted by Gasteiger charge is -2.22. The minimum atomic E-state index is -0.425. The molecule has 1 atom stereocenters. The Labute approximate surface area is 108 Å². The summed E-state index contributed by atoms with van der Waals surface area (Å²) < 4.78 is 5.33. The number of rotatable bonds is 3. The number of halogens is 1. The minimum Gasteiger partial charge on any atom is -0.460 e. The normalized spacial score (nSPS) is 13.2. The van der Waals surface area contributed by atoms with E-state index < -0.39 is 5.60 Å². The molecule has 1 aromatic rings. The number of hydrogen-bond acceptors (Lipinski definition) is 2. The third-order valence-corrected chi connectivity index (χ3v) is 2.52. The van der Waals surface area contributed by atoms with Gasteiger partial charge in [0.05, 0.1) is 5.92 Å². The van der Waals surface area contributed by atoms with Gasteiger partial charge < -0.3 is 4.74 Å². The number of carbonyl (C=O) groups is 1. The molecule has 0 bridgehead atoms. The Morgan fingerprint density at radius 2 is 1.82 bits per heavy atom. The SMILES string of the molecule is C[C@H](Cc1ccc(Cl)cc1)C(=O)OC(C)(C)C. The van der Waals surface area contributed by atoms with Crippen molar-refractivity contribution in [2.75, 3.05) is 0 Å². The van der Waals surface area contributed by atoms with E-state index in [1.807, 2.05) is 52.0 Å². The average Bonchev–Trinajstić information content (AvgIpc) is 2.19. The van der Waals surface area contributed by atoms with Gasteiger partial charge in [-0.1, -0.05) is 30.7 Å². The van der Waals surface area contributed by atoms with Crippen LogP contribution >= 0.6 is 11.6 Å². The fourth-order valence-electron chi connectivity index (χ4n) is 1.46. The van der Waals surface area contributed by atoms with Crippen LogP contribution in [0.15, 0.2) is 24.3 Å². The molecule has 17 heavy (non-hydrogen) atoms. The number of esters is 1. The van der Waals surface area contributed by atoms with Crippen molar-refractivity contribution in [2.45, 2.75) is 39.7 Å². The third kappa shape index (κ3) is 5.22. The van der Waals surface area contributed by atoms with Crippen LogP contribution in [0.1, 0.15) is 33.3 Å². The molecule has 2 nitrogen and oxygen atoms in total. The van der Waals surface area contributed by atoms with Gasteiger partial charge in [0.15, 0.2) is 0 Å². The summed E-state index contributed by atoms with van der Waals surface area (Å²) >= 11 is 5.81. The maximum atomic E-state index is 11.8. The van der Waals surface area contributed by atoms with E-state index in [-0.39, 0.29) is 11.9 Å². The Morgan fingerprint density at radius 1 is 1.29 bits per heavy atom. The lowest BCUT2D eigenvalue weighted by molar-refractivity contribution is -0.159. The molecule has 0 heterocycles.